The van der Waals surface area contributed by atoms with E-state index < -0.39 is 10.9 Å². The maximum Gasteiger partial charge on any atom is 0.346 e. The van der Waals surface area contributed by atoms with Gasteiger partial charge in [0, 0.05) is 6.07 Å². The standard InChI is InChI=1S/C20H15NO5S.C2H6/c22-20(23)19-12-17(21(24)25)18(27-19)11-8-14-6-9-16(10-7-14)26-13-15-4-2-1-3-5-15;1-2/h1-12H,13H2,(H,22,23);1-2H3/b11-8+;. The molecule has 6 nitrogen and oxygen atoms in total. The van der Waals surface area contributed by atoms with Gasteiger partial charge in [0.25, 0.3) is 5.69 Å². The topological polar surface area (TPSA) is 89.7 Å². The molecule has 0 aliphatic rings. The highest BCUT2D eigenvalue weighted by atomic mass is 32.1. The second-order valence-corrected chi connectivity index (χ2v) is 6.68. The number of thiophene rings is 1. The molecule has 0 saturated carbocycles. The molecule has 1 heterocycles. The van der Waals surface area contributed by atoms with E-state index in [2.05, 4.69) is 0 Å². The quantitative estimate of drug-likeness (QED) is 0.373. The Labute approximate surface area is 172 Å². The molecule has 0 aliphatic carbocycles. The maximum absolute atomic E-state index is 11.1. The van der Waals surface area contributed by atoms with E-state index in [1.165, 1.54) is 0 Å². The zero-order valence-electron chi connectivity index (χ0n) is 16.1. The number of hydrogen-bond acceptors (Lipinski definition) is 5. The molecule has 7 heteroatoms. The summed E-state index contributed by atoms with van der Waals surface area (Å²) in [5, 5.41) is 20.1. The van der Waals surface area contributed by atoms with Gasteiger partial charge in [-0.25, -0.2) is 4.79 Å². The molecule has 1 aromatic heterocycles. The molecule has 0 aliphatic heterocycles. The Balaban J connectivity index is 0.00000145. The van der Waals surface area contributed by atoms with E-state index in [1.54, 1.807) is 12.2 Å². The molecule has 3 aromatic rings. The number of benzene rings is 2. The van der Waals surface area contributed by atoms with Gasteiger partial charge < -0.3 is 9.84 Å². The van der Waals surface area contributed by atoms with Crippen LogP contribution in [0.3, 0.4) is 0 Å². The first-order valence-corrected chi connectivity index (χ1v) is 9.81. The minimum absolute atomic E-state index is 0.0639. The van der Waals surface area contributed by atoms with Crippen LogP contribution in [0.15, 0.2) is 60.7 Å². The molecule has 0 fully saturated rings. The van der Waals surface area contributed by atoms with Gasteiger partial charge in [0.15, 0.2) is 0 Å². The smallest absolute Gasteiger partial charge is 0.346 e. The van der Waals surface area contributed by atoms with Crippen LogP contribution in [-0.2, 0) is 6.61 Å². The van der Waals surface area contributed by atoms with Crippen molar-refractivity contribution in [2.75, 3.05) is 0 Å². The summed E-state index contributed by atoms with van der Waals surface area (Å²) in [6, 6.07) is 18.2. The van der Waals surface area contributed by atoms with E-state index in [-0.39, 0.29) is 10.6 Å². The Morgan fingerprint density at radius 2 is 1.76 bits per heavy atom. The van der Waals surface area contributed by atoms with Gasteiger partial charge in [0.1, 0.15) is 22.1 Å². The normalized spacial score (nSPS) is 10.3. The molecule has 150 valence electrons. The Morgan fingerprint density at radius 1 is 1.10 bits per heavy atom. The minimum Gasteiger partial charge on any atom is -0.489 e. The van der Waals surface area contributed by atoms with Crippen molar-refractivity contribution in [3.8, 4) is 5.75 Å². The summed E-state index contributed by atoms with van der Waals surface area (Å²) in [5.41, 5.74) is 1.68. The predicted octanol–water partition coefficient (Wildman–Crippen LogP) is 6.13. The third-order valence-electron chi connectivity index (χ3n) is 3.70. The van der Waals surface area contributed by atoms with E-state index in [0.29, 0.717) is 17.2 Å². The zero-order valence-corrected chi connectivity index (χ0v) is 16.9. The van der Waals surface area contributed by atoms with E-state index in [4.69, 9.17) is 9.84 Å². The second-order valence-electron chi connectivity index (χ2n) is 5.60. The van der Waals surface area contributed by atoms with Crippen LogP contribution in [0.25, 0.3) is 12.2 Å². The van der Waals surface area contributed by atoms with Crippen LogP contribution >= 0.6 is 11.3 Å². The van der Waals surface area contributed by atoms with Crippen molar-refractivity contribution in [2.24, 2.45) is 0 Å². The van der Waals surface area contributed by atoms with E-state index in [0.717, 1.165) is 28.5 Å². The van der Waals surface area contributed by atoms with Crippen LogP contribution in [0.1, 0.15) is 39.5 Å². The van der Waals surface area contributed by atoms with Crippen LogP contribution in [0.4, 0.5) is 5.69 Å². The molecule has 0 saturated heterocycles. The van der Waals surface area contributed by atoms with Crippen molar-refractivity contribution in [3.63, 3.8) is 0 Å². The van der Waals surface area contributed by atoms with Gasteiger partial charge in [-0.15, -0.1) is 11.3 Å². The van der Waals surface area contributed by atoms with Crippen LogP contribution in [0, 0.1) is 10.1 Å². The molecule has 2 aromatic carbocycles. The lowest BCUT2D eigenvalue weighted by Gasteiger charge is -2.06. The van der Waals surface area contributed by atoms with Crippen molar-refractivity contribution in [1.29, 1.82) is 0 Å². The molecule has 29 heavy (non-hydrogen) atoms. The van der Waals surface area contributed by atoms with E-state index in [9.17, 15) is 14.9 Å². The Morgan fingerprint density at radius 3 is 2.34 bits per heavy atom. The molecule has 1 N–H and O–H groups in total. The highest BCUT2D eigenvalue weighted by molar-refractivity contribution is 7.15. The summed E-state index contributed by atoms with van der Waals surface area (Å²) in [6.07, 6.45) is 3.25. The Kier molecular flexibility index (Phi) is 8.12. The average molecular weight is 411 g/mol. The predicted molar refractivity (Wildman–Crippen MR) is 115 cm³/mol. The fourth-order valence-corrected chi connectivity index (χ4v) is 3.22. The average Bonchev–Trinajstić information content (AvgIpc) is 3.19. The lowest BCUT2D eigenvalue weighted by molar-refractivity contribution is -0.384. The number of nitrogens with zero attached hydrogens (tertiary/aromatic N) is 1. The van der Waals surface area contributed by atoms with Gasteiger partial charge in [-0.2, -0.15) is 0 Å². The Bertz CT molecular complexity index is 978. The zero-order chi connectivity index (χ0) is 21.2. The van der Waals surface area contributed by atoms with Crippen molar-refractivity contribution >= 4 is 35.1 Å². The van der Waals surface area contributed by atoms with Gasteiger partial charge in [-0.05, 0) is 29.3 Å². The first-order valence-electron chi connectivity index (χ1n) is 8.99. The molecular weight excluding hydrogens is 390 g/mol. The molecule has 0 amide bonds. The van der Waals surface area contributed by atoms with Crippen molar-refractivity contribution < 1.29 is 19.6 Å². The molecule has 0 unspecified atom stereocenters. The highest BCUT2D eigenvalue weighted by Crippen LogP contribution is 2.31. The largest absolute Gasteiger partial charge is 0.489 e. The third-order valence-corrected chi connectivity index (χ3v) is 4.78. The molecule has 0 radical (unpaired) electrons. The van der Waals surface area contributed by atoms with Crippen molar-refractivity contribution in [3.05, 3.63) is 91.7 Å². The summed E-state index contributed by atoms with van der Waals surface area (Å²) >= 11 is 0.871. The fourth-order valence-electron chi connectivity index (χ4n) is 2.35. The molecule has 0 atom stereocenters. The fraction of sp³-hybridized carbons (Fsp3) is 0.136. The van der Waals surface area contributed by atoms with E-state index >= 15 is 0 Å². The third kappa shape index (κ3) is 6.29. The second kappa shape index (κ2) is 10.8. The number of carboxylic acids is 1. The van der Waals surface area contributed by atoms with Crippen LogP contribution in [0.5, 0.6) is 5.75 Å². The number of hydrogen-bond donors (Lipinski definition) is 1. The summed E-state index contributed by atoms with van der Waals surface area (Å²) in [5.74, 6) is -0.464. The number of nitro groups is 1. The van der Waals surface area contributed by atoms with Crippen LogP contribution in [0.2, 0.25) is 0 Å². The van der Waals surface area contributed by atoms with Crippen molar-refractivity contribution in [1.82, 2.24) is 0 Å². The molecule has 3 rings (SSSR count). The molecule has 0 spiro atoms. The van der Waals surface area contributed by atoms with Gasteiger partial charge in [0.2, 0.25) is 0 Å². The van der Waals surface area contributed by atoms with Gasteiger partial charge in [-0.1, -0.05) is 62.4 Å². The van der Waals surface area contributed by atoms with Crippen LogP contribution < -0.4 is 4.74 Å². The highest BCUT2D eigenvalue weighted by Gasteiger charge is 2.20. The van der Waals surface area contributed by atoms with E-state index in [1.807, 2.05) is 68.4 Å². The first-order chi connectivity index (χ1) is 14.0. The lowest BCUT2D eigenvalue weighted by Crippen LogP contribution is -1.94. The Hall–Kier alpha value is -3.45. The molecular formula is C22H21NO5S. The van der Waals surface area contributed by atoms with Gasteiger partial charge in [-0.3, -0.25) is 10.1 Å². The summed E-state index contributed by atoms with van der Waals surface area (Å²) in [7, 11) is 0. The maximum atomic E-state index is 11.1. The SMILES string of the molecule is CC.O=C(O)c1cc([N+](=O)[O-])c(/C=C/c2ccc(OCc3ccccc3)cc2)s1. The monoisotopic (exact) mass is 411 g/mol. The minimum atomic E-state index is -1.18. The number of rotatable bonds is 7. The van der Waals surface area contributed by atoms with Crippen molar-refractivity contribution in [2.45, 2.75) is 20.5 Å². The van der Waals surface area contributed by atoms with Gasteiger partial charge >= 0.3 is 5.97 Å². The number of carboxylic acid groups (broad SMARTS) is 1. The number of aromatic carboxylic acids is 1. The van der Waals surface area contributed by atoms with Crippen LogP contribution in [-0.4, -0.2) is 16.0 Å². The van der Waals surface area contributed by atoms with Gasteiger partial charge in [0.05, 0.1) is 4.92 Å². The summed E-state index contributed by atoms with van der Waals surface area (Å²) in [6.45, 7) is 4.47. The number of carbonyl (C=O) groups is 1. The summed E-state index contributed by atoms with van der Waals surface area (Å²) in [4.78, 5) is 21.7. The summed E-state index contributed by atoms with van der Waals surface area (Å²) < 4.78 is 5.71. The number of ether oxygens (including phenoxy) is 1. The molecule has 0 bridgehead atoms. The lowest BCUT2D eigenvalue weighted by atomic mass is 10.2. The first kappa shape index (κ1) is 21.8.